The van der Waals surface area contributed by atoms with Gasteiger partial charge in [-0.25, -0.2) is 4.39 Å². The molecule has 0 saturated heterocycles. The maximum Gasteiger partial charge on any atom is 0.146 e. The zero-order chi connectivity index (χ0) is 13.2. The van der Waals surface area contributed by atoms with E-state index in [2.05, 4.69) is 5.32 Å². The SMILES string of the molecule is NCC1Cc2cccc(Nc3cccc(F)c3)c2O1. The number of anilines is 2. The number of hydrogen-bond donors (Lipinski definition) is 2. The van der Waals surface area contributed by atoms with Crippen molar-refractivity contribution in [3.8, 4) is 5.75 Å². The summed E-state index contributed by atoms with van der Waals surface area (Å²) in [5.74, 6) is 0.556. The first kappa shape index (κ1) is 12.0. The zero-order valence-electron chi connectivity index (χ0n) is 10.4. The van der Waals surface area contributed by atoms with Crippen molar-refractivity contribution in [2.45, 2.75) is 12.5 Å². The Bertz CT molecular complexity index is 600. The fraction of sp³-hybridized carbons (Fsp3) is 0.200. The second-order valence-electron chi connectivity index (χ2n) is 4.61. The van der Waals surface area contributed by atoms with Gasteiger partial charge in [-0.2, -0.15) is 0 Å². The van der Waals surface area contributed by atoms with E-state index in [-0.39, 0.29) is 11.9 Å². The van der Waals surface area contributed by atoms with Crippen LogP contribution in [0.2, 0.25) is 0 Å². The number of hydrogen-bond acceptors (Lipinski definition) is 3. The first-order valence-electron chi connectivity index (χ1n) is 6.27. The van der Waals surface area contributed by atoms with Gasteiger partial charge in [0.1, 0.15) is 17.7 Å². The van der Waals surface area contributed by atoms with E-state index in [1.54, 1.807) is 6.07 Å². The van der Waals surface area contributed by atoms with Gasteiger partial charge in [-0.15, -0.1) is 0 Å². The summed E-state index contributed by atoms with van der Waals surface area (Å²) in [6.45, 7) is 0.494. The minimum absolute atomic E-state index is 0.0328. The third-order valence-corrected chi connectivity index (χ3v) is 3.20. The topological polar surface area (TPSA) is 47.3 Å². The average molecular weight is 258 g/mol. The van der Waals surface area contributed by atoms with Crippen molar-refractivity contribution < 1.29 is 9.13 Å². The van der Waals surface area contributed by atoms with Crippen LogP contribution < -0.4 is 15.8 Å². The number of nitrogens with one attached hydrogen (secondary N) is 1. The highest BCUT2D eigenvalue weighted by molar-refractivity contribution is 5.69. The molecule has 98 valence electrons. The predicted molar refractivity (Wildman–Crippen MR) is 73.3 cm³/mol. The molecular formula is C15H15FN2O. The summed E-state index contributed by atoms with van der Waals surface area (Å²) >= 11 is 0. The summed E-state index contributed by atoms with van der Waals surface area (Å²) in [6.07, 6.45) is 0.857. The van der Waals surface area contributed by atoms with Crippen molar-refractivity contribution in [3.63, 3.8) is 0 Å². The van der Waals surface area contributed by atoms with Crippen molar-refractivity contribution in [3.05, 3.63) is 53.8 Å². The third-order valence-electron chi connectivity index (χ3n) is 3.20. The van der Waals surface area contributed by atoms with Crippen LogP contribution in [-0.4, -0.2) is 12.6 Å². The molecule has 2 aromatic carbocycles. The zero-order valence-corrected chi connectivity index (χ0v) is 10.4. The molecular weight excluding hydrogens is 243 g/mol. The maximum atomic E-state index is 13.2. The van der Waals surface area contributed by atoms with Gasteiger partial charge in [0.15, 0.2) is 0 Å². The van der Waals surface area contributed by atoms with Crippen LogP contribution in [0.1, 0.15) is 5.56 Å². The van der Waals surface area contributed by atoms with Crippen molar-refractivity contribution in [1.29, 1.82) is 0 Å². The van der Waals surface area contributed by atoms with Gasteiger partial charge < -0.3 is 15.8 Å². The molecule has 0 aromatic heterocycles. The van der Waals surface area contributed by atoms with Crippen LogP contribution in [0.15, 0.2) is 42.5 Å². The van der Waals surface area contributed by atoms with E-state index in [9.17, 15) is 4.39 Å². The average Bonchev–Trinajstić information content (AvgIpc) is 2.83. The number of nitrogens with two attached hydrogens (primary N) is 1. The van der Waals surface area contributed by atoms with Crippen molar-refractivity contribution >= 4 is 11.4 Å². The third kappa shape index (κ3) is 2.39. The highest BCUT2D eigenvalue weighted by Gasteiger charge is 2.24. The Morgan fingerprint density at radius 3 is 2.89 bits per heavy atom. The molecule has 0 spiro atoms. The van der Waals surface area contributed by atoms with Crippen LogP contribution in [0.25, 0.3) is 0 Å². The number of ether oxygens (including phenoxy) is 1. The van der Waals surface area contributed by atoms with Gasteiger partial charge in [0, 0.05) is 24.2 Å². The van der Waals surface area contributed by atoms with Gasteiger partial charge in [0.05, 0.1) is 5.69 Å². The van der Waals surface area contributed by atoms with Crippen LogP contribution in [0, 0.1) is 5.82 Å². The number of fused-ring (bicyclic) bond motifs is 1. The van der Waals surface area contributed by atoms with Crippen LogP contribution in [0.3, 0.4) is 0 Å². The van der Waals surface area contributed by atoms with Gasteiger partial charge in [0.2, 0.25) is 0 Å². The molecule has 19 heavy (non-hydrogen) atoms. The second-order valence-corrected chi connectivity index (χ2v) is 4.61. The number of benzene rings is 2. The highest BCUT2D eigenvalue weighted by Crippen LogP contribution is 2.37. The normalized spacial score (nSPS) is 16.8. The molecule has 0 fully saturated rings. The van der Waals surface area contributed by atoms with E-state index in [0.717, 1.165) is 23.4 Å². The highest BCUT2D eigenvalue weighted by atomic mass is 19.1. The molecule has 0 bridgehead atoms. The van der Waals surface area contributed by atoms with Crippen molar-refractivity contribution in [1.82, 2.24) is 0 Å². The predicted octanol–water partition coefficient (Wildman–Crippen LogP) is 2.83. The molecule has 0 amide bonds. The standard InChI is InChI=1S/C15H15FN2O/c16-11-4-2-5-12(8-11)18-14-6-1-3-10-7-13(9-17)19-15(10)14/h1-6,8,13,18H,7,9,17H2. The van der Waals surface area contributed by atoms with Gasteiger partial charge >= 0.3 is 0 Å². The Morgan fingerprint density at radius 1 is 1.26 bits per heavy atom. The van der Waals surface area contributed by atoms with Crippen LogP contribution >= 0.6 is 0 Å². The molecule has 3 nitrogen and oxygen atoms in total. The molecule has 2 aromatic rings. The van der Waals surface area contributed by atoms with Crippen LogP contribution in [-0.2, 0) is 6.42 Å². The fourth-order valence-corrected chi connectivity index (χ4v) is 2.29. The van der Waals surface area contributed by atoms with Crippen molar-refractivity contribution in [2.24, 2.45) is 5.73 Å². The molecule has 1 atom stereocenters. The summed E-state index contributed by atoms with van der Waals surface area (Å²) in [5, 5.41) is 3.18. The van der Waals surface area contributed by atoms with Crippen molar-refractivity contribution in [2.75, 3.05) is 11.9 Å². The summed E-state index contributed by atoms with van der Waals surface area (Å²) in [7, 11) is 0. The first-order chi connectivity index (χ1) is 9.26. The van der Waals surface area contributed by atoms with Crippen LogP contribution in [0.5, 0.6) is 5.75 Å². The Hall–Kier alpha value is -2.07. The quantitative estimate of drug-likeness (QED) is 0.890. The van der Waals surface area contributed by atoms with E-state index in [0.29, 0.717) is 12.2 Å². The Morgan fingerprint density at radius 2 is 2.11 bits per heavy atom. The monoisotopic (exact) mass is 258 g/mol. The molecule has 4 heteroatoms. The molecule has 3 N–H and O–H groups in total. The van der Waals surface area contributed by atoms with E-state index in [4.69, 9.17) is 10.5 Å². The lowest BCUT2D eigenvalue weighted by molar-refractivity contribution is 0.242. The second kappa shape index (κ2) is 4.90. The fourth-order valence-electron chi connectivity index (χ4n) is 2.29. The number of para-hydroxylation sites is 1. The van der Waals surface area contributed by atoms with E-state index in [1.807, 2.05) is 24.3 Å². The van der Waals surface area contributed by atoms with E-state index >= 15 is 0 Å². The number of rotatable bonds is 3. The molecule has 1 aliphatic heterocycles. The number of halogens is 1. The summed E-state index contributed by atoms with van der Waals surface area (Å²) in [6, 6.07) is 12.3. The summed E-state index contributed by atoms with van der Waals surface area (Å²) in [4.78, 5) is 0. The minimum atomic E-state index is -0.265. The minimum Gasteiger partial charge on any atom is -0.486 e. The lowest BCUT2D eigenvalue weighted by atomic mass is 10.1. The van der Waals surface area contributed by atoms with Gasteiger partial charge in [0.25, 0.3) is 0 Å². The summed E-state index contributed by atoms with van der Waals surface area (Å²) in [5.41, 5.74) is 8.33. The van der Waals surface area contributed by atoms with Gasteiger partial charge in [-0.1, -0.05) is 18.2 Å². The van der Waals surface area contributed by atoms with Gasteiger partial charge in [-0.05, 0) is 24.3 Å². The smallest absolute Gasteiger partial charge is 0.146 e. The largest absolute Gasteiger partial charge is 0.486 e. The molecule has 1 unspecified atom stereocenters. The molecule has 0 aliphatic carbocycles. The van der Waals surface area contributed by atoms with Gasteiger partial charge in [-0.3, -0.25) is 0 Å². The van der Waals surface area contributed by atoms with E-state index < -0.39 is 0 Å². The lowest BCUT2D eigenvalue weighted by Gasteiger charge is -2.12. The maximum absolute atomic E-state index is 13.2. The Labute approximate surface area is 111 Å². The lowest BCUT2D eigenvalue weighted by Crippen LogP contribution is -2.24. The molecule has 1 aliphatic rings. The Balaban J connectivity index is 1.89. The Kier molecular flexibility index (Phi) is 3.09. The van der Waals surface area contributed by atoms with Crippen LogP contribution in [0.4, 0.5) is 15.8 Å². The molecule has 0 radical (unpaired) electrons. The molecule has 3 rings (SSSR count). The molecule has 0 saturated carbocycles. The molecule has 1 heterocycles. The summed E-state index contributed by atoms with van der Waals surface area (Å²) < 4.78 is 19.0. The first-order valence-corrected chi connectivity index (χ1v) is 6.27. The van der Waals surface area contributed by atoms with E-state index in [1.165, 1.54) is 12.1 Å².